The summed E-state index contributed by atoms with van der Waals surface area (Å²) < 4.78 is 80.2. The van der Waals surface area contributed by atoms with Crippen molar-refractivity contribution >= 4 is 6.03 Å². The minimum atomic E-state index is -4.40. The zero-order valence-electron chi connectivity index (χ0n) is 36.7. The molecule has 340 valence electrons. The number of nitrogens with zero attached hydrogens (tertiary/aromatic N) is 4. The Kier molecular flexibility index (Phi) is 15.5. The van der Waals surface area contributed by atoms with Gasteiger partial charge in [0, 0.05) is 72.5 Å². The van der Waals surface area contributed by atoms with E-state index in [1.165, 1.54) is 35.4 Å². The number of hydrogen-bond acceptors (Lipinski definition) is 4. The van der Waals surface area contributed by atoms with Crippen molar-refractivity contribution in [1.29, 1.82) is 0 Å². The minimum Gasteiger partial charge on any atom is -0.331 e. The van der Waals surface area contributed by atoms with E-state index in [0.29, 0.717) is 30.3 Å². The SMILES string of the molecule is CN(C)C(=O)N1CCN(Cc2ccc(-c3ccccc3C(F)(F)F)cc2)CC1Cc1ccccc1.FC(F)(F)c1ccccc1-c1ccc(CN2CCNC(Cc3ccccc3)C2)cc1. The molecular weight excluding hydrogens is 837 g/mol. The first-order valence-corrected chi connectivity index (χ1v) is 22.0. The molecule has 0 bridgehead atoms. The molecule has 2 aliphatic rings. The van der Waals surface area contributed by atoms with Gasteiger partial charge >= 0.3 is 18.4 Å². The molecule has 6 aromatic carbocycles. The topological polar surface area (TPSA) is 42.1 Å². The molecule has 2 unspecified atom stereocenters. The number of carbonyl (C=O) groups is 1. The lowest BCUT2D eigenvalue weighted by molar-refractivity contribution is -0.137. The third-order valence-corrected chi connectivity index (χ3v) is 12.0. The molecule has 0 saturated carbocycles. The first-order chi connectivity index (χ1) is 31.2. The summed E-state index contributed by atoms with van der Waals surface area (Å²) in [7, 11) is 3.54. The number of benzene rings is 6. The lowest BCUT2D eigenvalue weighted by Crippen LogP contribution is -2.57. The Morgan fingerprint density at radius 3 is 1.46 bits per heavy atom. The summed E-state index contributed by atoms with van der Waals surface area (Å²) in [6, 6.07) is 47.2. The van der Waals surface area contributed by atoms with Crippen molar-refractivity contribution in [3.63, 3.8) is 0 Å². The molecule has 12 heteroatoms. The van der Waals surface area contributed by atoms with Gasteiger partial charge in [0.2, 0.25) is 0 Å². The van der Waals surface area contributed by atoms with E-state index in [1.807, 2.05) is 53.4 Å². The lowest BCUT2D eigenvalue weighted by atomic mass is 9.98. The van der Waals surface area contributed by atoms with E-state index in [9.17, 15) is 31.1 Å². The molecule has 2 aliphatic heterocycles. The molecule has 1 N–H and O–H groups in total. The Bertz CT molecular complexity index is 2430. The molecule has 0 aromatic heterocycles. The molecule has 0 radical (unpaired) electrons. The largest absolute Gasteiger partial charge is 0.417 e. The molecule has 6 nitrogen and oxygen atoms in total. The maximum absolute atomic E-state index is 13.4. The van der Waals surface area contributed by atoms with Gasteiger partial charge in [0.15, 0.2) is 0 Å². The molecule has 2 amide bonds. The van der Waals surface area contributed by atoms with Crippen molar-refractivity contribution in [2.24, 2.45) is 0 Å². The Morgan fingerprint density at radius 1 is 0.538 bits per heavy atom. The van der Waals surface area contributed by atoms with Gasteiger partial charge < -0.3 is 15.1 Å². The van der Waals surface area contributed by atoms with Gasteiger partial charge in [0.1, 0.15) is 0 Å². The zero-order valence-corrected chi connectivity index (χ0v) is 36.7. The summed E-state index contributed by atoms with van der Waals surface area (Å²) >= 11 is 0. The normalized spacial score (nSPS) is 17.3. The molecule has 2 saturated heterocycles. The molecule has 0 aliphatic carbocycles. The van der Waals surface area contributed by atoms with Crippen molar-refractivity contribution in [2.75, 3.05) is 53.4 Å². The van der Waals surface area contributed by atoms with Crippen molar-refractivity contribution in [2.45, 2.75) is 50.4 Å². The molecule has 0 spiro atoms. The fraction of sp³-hybridized carbons (Fsp3) is 0.302. The summed E-state index contributed by atoms with van der Waals surface area (Å²) in [5, 5.41) is 3.59. The van der Waals surface area contributed by atoms with Gasteiger partial charge in [-0.1, -0.05) is 146 Å². The van der Waals surface area contributed by atoms with E-state index in [0.717, 1.165) is 75.4 Å². The Hall–Kier alpha value is -5.95. The van der Waals surface area contributed by atoms with Crippen LogP contribution in [0.3, 0.4) is 0 Å². The minimum absolute atomic E-state index is 0.0123. The van der Waals surface area contributed by atoms with Crippen molar-refractivity contribution in [3.8, 4) is 22.3 Å². The summed E-state index contributed by atoms with van der Waals surface area (Å²) in [6.07, 6.45) is -6.99. The number of rotatable bonds is 10. The number of alkyl halides is 6. The first-order valence-electron chi connectivity index (χ1n) is 22.0. The molecule has 2 atom stereocenters. The number of halogens is 6. The monoisotopic (exact) mass is 891 g/mol. The number of hydrogen-bond donors (Lipinski definition) is 1. The van der Waals surface area contributed by atoms with Gasteiger partial charge in [-0.3, -0.25) is 9.80 Å². The predicted molar refractivity (Wildman–Crippen MR) is 246 cm³/mol. The van der Waals surface area contributed by atoms with Gasteiger partial charge in [0.05, 0.1) is 17.2 Å². The van der Waals surface area contributed by atoms with E-state index in [2.05, 4.69) is 51.5 Å². The van der Waals surface area contributed by atoms with Crippen LogP contribution in [0.15, 0.2) is 158 Å². The molecule has 2 heterocycles. The maximum Gasteiger partial charge on any atom is 0.417 e. The third-order valence-electron chi connectivity index (χ3n) is 12.0. The highest BCUT2D eigenvalue weighted by atomic mass is 19.4. The van der Waals surface area contributed by atoms with E-state index in [-0.39, 0.29) is 23.2 Å². The number of urea groups is 1. The number of carbonyl (C=O) groups excluding carboxylic acids is 1. The second kappa shape index (κ2) is 21.4. The van der Waals surface area contributed by atoms with Crippen LogP contribution in [0.5, 0.6) is 0 Å². The quantitative estimate of drug-likeness (QED) is 0.139. The second-order valence-electron chi connectivity index (χ2n) is 17.0. The summed E-state index contributed by atoms with van der Waals surface area (Å²) in [5.74, 6) is 0. The van der Waals surface area contributed by atoms with Gasteiger partial charge in [-0.15, -0.1) is 0 Å². The Balaban J connectivity index is 0.000000196. The fourth-order valence-corrected chi connectivity index (χ4v) is 8.77. The average Bonchev–Trinajstić information content (AvgIpc) is 3.30. The number of amides is 2. The van der Waals surface area contributed by atoms with Crippen LogP contribution >= 0.6 is 0 Å². The molecule has 6 aromatic rings. The van der Waals surface area contributed by atoms with Crippen LogP contribution in [0.4, 0.5) is 31.1 Å². The highest BCUT2D eigenvalue weighted by Crippen LogP contribution is 2.38. The van der Waals surface area contributed by atoms with E-state index >= 15 is 0 Å². The van der Waals surface area contributed by atoms with Crippen LogP contribution in [0.2, 0.25) is 0 Å². The van der Waals surface area contributed by atoms with Crippen LogP contribution < -0.4 is 5.32 Å². The van der Waals surface area contributed by atoms with Gasteiger partial charge in [-0.25, -0.2) is 4.79 Å². The van der Waals surface area contributed by atoms with Crippen LogP contribution in [-0.4, -0.2) is 91.1 Å². The second-order valence-corrected chi connectivity index (χ2v) is 17.0. The van der Waals surface area contributed by atoms with Crippen molar-refractivity contribution in [1.82, 2.24) is 24.9 Å². The highest BCUT2D eigenvalue weighted by molar-refractivity contribution is 5.74. The smallest absolute Gasteiger partial charge is 0.331 e. The predicted octanol–water partition coefficient (Wildman–Crippen LogP) is 11.2. The summed E-state index contributed by atoms with van der Waals surface area (Å²) in [6.45, 7) is 6.43. The molecule has 8 rings (SSSR count). The molecular formula is C53H55F6N5O. The fourth-order valence-electron chi connectivity index (χ4n) is 8.77. The van der Waals surface area contributed by atoms with Gasteiger partial charge in [-0.05, 0) is 69.5 Å². The molecule has 65 heavy (non-hydrogen) atoms. The van der Waals surface area contributed by atoms with Gasteiger partial charge in [-0.2, -0.15) is 26.3 Å². The third kappa shape index (κ3) is 12.9. The maximum atomic E-state index is 13.4. The van der Waals surface area contributed by atoms with Crippen LogP contribution in [0.1, 0.15) is 33.4 Å². The number of piperazine rings is 2. The van der Waals surface area contributed by atoms with Crippen LogP contribution in [0, 0.1) is 0 Å². The van der Waals surface area contributed by atoms with Crippen LogP contribution in [0.25, 0.3) is 22.3 Å². The Morgan fingerprint density at radius 2 is 0.985 bits per heavy atom. The van der Waals surface area contributed by atoms with E-state index in [1.54, 1.807) is 55.4 Å². The van der Waals surface area contributed by atoms with Crippen molar-refractivity contribution in [3.05, 3.63) is 191 Å². The summed E-state index contributed by atoms with van der Waals surface area (Å²) in [4.78, 5) is 21.1. The van der Waals surface area contributed by atoms with Crippen LogP contribution in [-0.2, 0) is 38.3 Å². The Labute approximate surface area is 378 Å². The first kappa shape index (κ1) is 47.0. The van der Waals surface area contributed by atoms with Crippen molar-refractivity contribution < 1.29 is 31.1 Å². The lowest BCUT2D eigenvalue weighted by Gasteiger charge is -2.42. The average molecular weight is 892 g/mol. The van der Waals surface area contributed by atoms with E-state index in [4.69, 9.17) is 0 Å². The summed E-state index contributed by atoms with van der Waals surface area (Å²) in [5.41, 5.74) is 4.98. The van der Waals surface area contributed by atoms with Gasteiger partial charge in [0.25, 0.3) is 0 Å². The standard InChI is InChI=1S/C28H30F3N3O.C25H25F3N2/c1-32(2)27(35)34-17-16-33(20-24(34)18-21-8-4-3-5-9-21)19-22-12-14-23(15-13-22)25-10-6-7-11-26(25)28(29,30)31;26-25(27,28)24-9-5-4-8-23(24)21-12-10-20(11-13-21)17-30-15-14-29-22(18-30)16-19-6-2-1-3-7-19/h3-15,24H,16-20H2,1-2H3;1-13,22,29H,14-18H2. The zero-order chi connectivity index (χ0) is 46.0. The highest BCUT2D eigenvalue weighted by Gasteiger charge is 2.35. The molecule has 2 fully saturated rings. The van der Waals surface area contributed by atoms with E-state index < -0.39 is 23.5 Å². The number of nitrogens with one attached hydrogen (secondary N) is 1.